The van der Waals surface area contributed by atoms with Crippen LogP contribution in [0.3, 0.4) is 0 Å². The third-order valence-electron chi connectivity index (χ3n) is 4.45. The number of rotatable bonds is 4. The smallest absolute Gasteiger partial charge is 0.330 e. The van der Waals surface area contributed by atoms with Crippen molar-refractivity contribution < 1.29 is 14.3 Å². The number of nitrogens with two attached hydrogens (primary N) is 1. The molecule has 28 heavy (non-hydrogen) atoms. The van der Waals surface area contributed by atoms with Gasteiger partial charge in [0.05, 0.1) is 6.54 Å². The van der Waals surface area contributed by atoms with Gasteiger partial charge in [-0.05, 0) is 37.5 Å². The summed E-state index contributed by atoms with van der Waals surface area (Å²) in [5, 5.41) is -0.287. The first kappa shape index (κ1) is 20.4. The number of carbonyl (C=O) groups excluding carboxylic acids is 2. The zero-order valence-electron chi connectivity index (χ0n) is 16.4. The van der Waals surface area contributed by atoms with Crippen molar-refractivity contribution >= 4 is 23.6 Å². The van der Waals surface area contributed by atoms with Gasteiger partial charge < -0.3 is 15.4 Å². The van der Waals surface area contributed by atoms with Crippen LogP contribution in [-0.4, -0.2) is 40.7 Å². The molecule has 1 aliphatic heterocycles. The Labute approximate surface area is 170 Å². The molecule has 148 valence electrons. The summed E-state index contributed by atoms with van der Waals surface area (Å²) in [5.74, 6) is -0.163. The Kier molecular flexibility index (Phi) is 6.10. The maximum absolute atomic E-state index is 12.8. The van der Waals surface area contributed by atoms with Gasteiger partial charge in [0, 0.05) is 5.75 Å². The van der Waals surface area contributed by atoms with E-state index in [9.17, 15) is 9.59 Å². The summed E-state index contributed by atoms with van der Waals surface area (Å²) in [4.78, 5) is 27.1. The second kappa shape index (κ2) is 8.37. The fraction of sp³-hybridized carbons (Fsp3) is 0.364. The second-order valence-electron chi connectivity index (χ2n) is 7.69. The number of esters is 1. The molecule has 2 atom stereocenters. The molecule has 1 aliphatic rings. The largest absolute Gasteiger partial charge is 0.458 e. The Bertz CT molecular complexity index is 848. The summed E-state index contributed by atoms with van der Waals surface area (Å²) in [6.07, 6.45) is 0. The first-order chi connectivity index (χ1) is 13.3. The van der Waals surface area contributed by atoms with Crippen LogP contribution in [0.4, 0.5) is 0 Å². The normalized spacial score (nSPS) is 19.5. The van der Waals surface area contributed by atoms with Crippen molar-refractivity contribution in [2.75, 3.05) is 12.3 Å². The van der Waals surface area contributed by atoms with Gasteiger partial charge in [0.1, 0.15) is 17.0 Å². The molecule has 5 nitrogen and oxygen atoms in total. The van der Waals surface area contributed by atoms with E-state index in [2.05, 4.69) is 0 Å². The molecular weight excluding hydrogens is 372 g/mol. The summed E-state index contributed by atoms with van der Waals surface area (Å²) >= 11 is 1.57. The maximum atomic E-state index is 12.8. The van der Waals surface area contributed by atoms with E-state index >= 15 is 0 Å². The summed E-state index contributed by atoms with van der Waals surface area (Å²) < 4.78 is 5.56. The molecule has 0 spiro atoms. The van der Waals surface area contributed by atoms with Gasteiger partial charge in [-0.1, -0.05) is 54.6 Å². The lowest BCUT2D eigenvalue weighted by Crippen LogP contribution is -2.47. The Morgan fingerprint density at radius 2 is 1.75 bits per heavy atom. The lowest BCUT2D eigenvalue weighted by molar-refractivity contribution is -0.163. The van der Waals surface area contributed by atoms with E-state index in [1.54, 1.807) is 16.7 Å². The first-order valence-corrected chi connectivity index (χ1v) is 10.4. The summed E-state index contributed by atoms with van der Waals surface area (Å²) in [5.41, 5.74) is 8.17. The molecule has 6 heteroatoms. The molecule has 0 radical (unpaired) electrons. The lowest BCUT2D eigenvalue weighted by Gasteiger charge is -2.31. The number of hydrogen-bond donors (Lipinski definition) is 1. The lowest BCUT2D eigenvalue weighted by atomic mass is 9.99. The Balaban J connectivity index is 1.98. The maximum Gasteiger partial charge on any atom is 0.330 e. The van der Waals surface area contributed by atoms with Crippen molar-refractivity contribution in [3.8, 4) is 11.1 Å². The van der Waals surface area contributed by atoms with Crippen LogP contribution >= 0.6 is 11.8 Å². The van der Waals surface area contributed by atoms with E-state index in [4.69, 9.17) is 10.5 Å². The summed E-state index contributed by atoms with van der Waals surface area (Å²) in [6, 6.07) is 17.4. The van der Waals surface area contributed by atoms with Crippen LogP contribution < -0.4 is 5.73 Å². The SMILES string of the molecule is CC(C)(C)OC(=O)[C@@H]1CS[C@H](c2ccccc2-c2ccccc2)N1C(=O)CN. The molecule has 0 unspecified atom stereocenters. The highest BCUT2D eigenvalue weighted by atomic mass is 32.2. The predicted octanol–water partition coefficient (Wildman–Crippen LogP) is 3.60. The van der Waals surface area contributed by atoms with Crippen LogP contribution in [0.25, 0.3) is 11.1 Å². The van der Waals surface area contributed by atoms with Crippen molar-refractivity contribution in [2.24, 2.45) is 5.73 Å². The molecule has 0 saturated carbocycles. The molecule has 1 heterocycles. The number of benzene rings is 2. The number of amides is 1. The van der Waals surface area contributed by atoms with Crippen LogP contribution in [-0.2, 0) is 14.3 Å². The fourth-order valence-corrected chi connectivity index (χ4v) is 4.77. The van der Waals surface area contributed by atoms with E-state index in [1.165, 1.54) is 0 Å². The molecule has 1 saturated heterocycles. The van der Waals surface area contributed by atoms with Gasteiger partial charge in [0.15, 0.2) is 0 Å². The molecule has 1 fully saturated rings. The van der Waals surface area contributed by atoms with E-state index in [1.807, 2.05) is 75.4 Å². The topological polar surface area (TPSA) is 72.6 Å². The molecular formula is C22H26N2O3S. The van der Waals surface area contributed by atoms with Crippen LogP contribution in [0.1, 0.15) is 31.7 Å². The Hall–Kier alpha value is -2.31. The molecule has 0 aliphatic carbocycles. The van der Waals surface area contributed by atoms with Gasteiger partial charge in [-0.15, -0.1) is 11.8 Å². The van der Waals surface area contributed by atoms with E-state index in [-0.39, 0.29) is 23.8 Å². The highest BCUT2D eigenvalue weighted by Crippen LogP contribution is 2.45. The Morgan fingerprint density at radius 3 is 2.39 bits per heavy atom. The van der Waals surface area contributed by atoms with Crippen molar-refractivity contribution in [1.29, 1.82) is 0 Å². The highest BCUT2D eigenvalue weighted by molar-refractivity contribution is 7.99. The number of carbonyl (C=O) groups is 2. The zero-order chi connectivity index (χ0) is 20.3. The van der Waals surface area contributed by atoms with Crippen molar-refractivity contribution in [3.05, 3.63) is 60.2 Å². The minimum atomic E-state index is -0.644. The number of hydrogen-bond acceptors (Lipinski definition) is 5. The van der Waals surface area contributed by atoms with Gasteiger partial charge >= 0.3 is 5.97 Å². The van der Waals surface area contributed by atoms with Crippen LogP contribution in [0, 0.1) is 0 Å². The number of nitrogens with zero attached hydrogens (tertiary/aromatic N) is 1. The monoisotopic (exact) mass is 398 g/mol. The quantitative estimate of drug-likeness (QED) is 0.797. The molecule has 3 rings (SSSR count). The van der Waals surface area contributed by atoms with Crippen molar-refractivity contribution in [3.63, 3.8) is 0 Å². The highest BCUT2D eigenvalue weighted by Gasteiger charge is 2.44. The van der Waals surface area contributed by atoms with Crippen molar-refractivity contribution in [1.82, 2.24) is 4.90 Å². The van der Waals surface area contributed by atoms with Crippen molar-refractivity contribution in [2.45, 2.75) is 37.8 Å². The van der Waals surface area contributed by atoms with Crippen LogP contribution in [0.2, 0.25) is 0 Å². The minimum absolute atomic E-state index is 0.149. The molecule has 0 bridgehead atoms. The third kappa shape index (κ3) is 4.39. The molecule has 0 aromatic heterocycles. The average Bonchev–Trinajstić information content (AvgIpc) is 3.12. The van der Waals surface area contributed by atoms with Gasteiger partial charge in [0.2, 0.25) is 5.91 Å². The fourth-order valence-electron chi connectivity index (χ4n) is 3.30. The third-order valence-corrected chi connectivity index (χ3v) is 5.76. The predicted molar refractivity (Wildman–Crippen MR) is 113 cm³/mol. The molecule has 2 aromatic carbocycles. The summed E-state index contributed by atoms with van der Waals surface area (Å²) in [7, 11) is 0. The van der Waals surface area contributed by atoms with E-state index in [0.717, 1.165) is 16.7 Å². The van der Waals surface area contributed by atoms with Crippen LogP contribution in [0.5, 0.6) is 0 Å². The van der Waals surface area contributed by atoms with E-state index in [0.29, 0.717) is 5.75 Å². The zero-order valence-corrected chi connectivity index (χ0v) is 17.2. The first-order valence-electron chi connectivity index (χ1n) is 9.32. The van der Waals surface area contributed by atoms with Gasteiger partial charge in [-0.2, -0.15) is 0 Å². The average molecular weight is 399 g/mol. The standard InChI is InChI=1S/C22H26N2O3S/c1-22(2,3)27-21(26)18-14-28-20(24(18)19(25)13-23)17-12-8-7-11-16(17)15-9-5-4-6-10-15/h4-12,18,20H,13-14,23H2,1-3H3/t18-,20+/m0/s1. The van der Waals surface area contributed by atoms with Gasteiger partial charge in [0.25, 0.3) is 0 Å². The molecule has 2 N–H and O–H groups in total. The summed E-state index contributed by atoms with van der Waals surface area (Å²) in [6.45, 7) is 5.32. The minimum Gasteiger partial charge on any atom is -0.458 e. The van der Waals surface area contributed by atoms with E-state index < -0.39 is 11.6 Å². The Morgan fingerprint density at radius 1 is 1.11 bits per heavy atom. The number of thioether (sulfide) groups is 1. The van der Waals surface area contributed by atoms with Gasteiger partial charge in [-0.3, -0.25) is 4.79 Å². The van der Waals surface area contributed by atoms with Crippen LogP contribution in [0.15, 0.2) is 54.6 Å². The number of ether oxygens (including phenoxy) is 1. The second-order valence-corrected chi connectivity index (χ2v) is 8.81. The van der Waals surface area contributed by atoms with Gasteiger partial charge in [-0.25, -0.2) is 4.79 Å². The molecule has 2 aromatic rings. The molecule has 1 amide bonds.